The van der Waals surface area contributed by atoms with E-state index in [2.05, 4.69) is 0 Å². The Balaban J connectivity index is 1.55. The summed E-state index contributed by atoms with van der Waals surface area (Å²) in [5.74, 6) is -6.79. The van der Waals surface area contributed by atoms with Gasteiger partial charge in [-0.2, -0.15) is 0 Å². The van der Waals surface area contributed by atoms with E-state index in [0.717, 1.165) is 4.57 Å². The minimum absolute atomic E-state index is 0.0237. The second-order valence-electron chi connectivity index (χ2n) is 19.3. The molecule has 16 nitrogen and oxygen atoms in total. The molecule has 0 atom stereocenters. The van der Waals surface area contributed by atoms with Crippen molar-refractivity contribution < 1.29 is 68.7 Å². The number of hydrogen-bond acceptors (Lipinski definition) is 14. The highest BCUT2D eigenvalue weighted by molar-refractivity contribution is 6.31. The molecule has 0 amide bonds. The number of nitrogens with zero attached hydrogens (tertiary/aromatic N) is 2. The Bertz CT molecular complexity index is 3490. The number of phenols is 9. The predicted molar refractivity (Wildman–Crippen MR) is 231 cm³/mol. The molecule has 2 aliphatic rings. The van der Waals surface area contributed by atoms with Crippen LogP contribution in [0.3, 0.4) is 0 Å². The largest absolute Gasteiger partial charge is 0.505 e. The van der Waals surface area contributed by atoms with Crippen LogP contribution in [0.5, 0.6) is 51.7 Å². The van der Waals surface area contributed by atoms with E-state index in [1.165, 1.54) is 28.7 Å². The first-order valence-electron chi connectivity index (χ1n) is 20.1. The molecule has 3 heterocycles. The van der Waals surface area contributed by atoms with Crippen molar-refractivity contribution in [3.05, 3.63) is 63.2 Å². The Kier molecular flexibility index (Phi) is 8.10. The van der Waals surface area contributed by atoms with E-state index in [-0.39, 0.29) is 82.8 Å². The summed E-state index contributed by atoms with van der Waals surface area (Å²) in [6.07, 6.45) is 1.66. The molecule has 17 heteroatoms. The van der Waals surface area contributed by atoms with Crippen LogP contribution in [0.1, 0.15) is 76.3 Å². The summed E-state index contributed by atoms with van der Waals surface area (Å²) in [6.45, 7) is 13.0. The minimum Gasteiger partial charge on any atom is -0.505 e. The molecular formula is C46H43ClN2O14. The third-order valence-corrected chi connectivity index (χ3v) is 12.5. The highest BCUT2D eigenvalue weighted by Gasteiger charge is 2.38. The normalized spacial score (nSPS) is 15.6. The SMILES string of the molecule is CC1(C)Cc2c(c(O)c3c(ooc4c5c(c6cc4n3c3cc(Cl)cc(c3)n(-c3c(O)c(O)c(C(C)(C)C)c(O)c3O)c3cc4c(oo6)c(O)c(O)c(O)c4o3)CC(C)(C)C5)c2O)C1. The molecule has 2 aliphatic carbocycles. The first-order chi connectivity index (χ1) is 29.5. The fourth-order valence-electron chi connectivity index (χ4n) is 9.65. The van der Waals surface area contributed by atoms with Gasteiger partial charge in [-0.15, -0.1) is 0 Å². The average molecular weight is 883 g/mol. The molecule has 0 fully saturated rings. The van der Waals surface area contributed by atoms with Gasteiger partial charge in [0.15, 0.2) is 39.9 Å². The van der Waals surface area contributed by atoms with Crippen LogP contribution in [0.25, 0.3) is 66.8 Å². The van der Waals surface area contributed by atoms with Gasteiger partial charge in [0.1, 0.15) is 17.0 Å². The molecule has 9 N–H and O–H groups in total. The predicted octanol–water partition coefficient (Wildman–Crippen LogP) is 10.8. The van der Waals surface area contributed by atoms with E-state index >= 15 is 0 Å². The van der Waals surface area contributed by atoms with Crippen molar-refractivity contribution >= 4 is 72.7 Å². The molecule has 0 spiro atoms. The molecule has 0 aliphatic heterocycles. The summed E-state index contributed by atoms with van der Waals surface area (Å²) in [5.41, 5.74) is -1.30. The highest BCUT2D eigenvalue weighted by atomic mass is 35.5. The number of hydrogen-bond donors (Lipinski definition) is 9. The number of phenolic OH excluding ortho intramolecular Hbond substituents is 9. The third kappa shape index (κ3) is 5.66. The van der Waals surface area contributed by atoms with Crippen molar-refractivity contribution in [2.24, 2.45) is 10.8 Å². The summed E-state index contributed by atoms with van der Waals surface area (Å²) in [6, 6.07) is 7.22. The van der Waals surface area contributed by atoms with Gasteiger partial charge in [0.05, 0.1) is 21.9 Å². The quantitative estimate of drug-likeness (QED) is 0.0422. The smallest absolute Gasteiger partial charge is 0.248 e. The van der Waals surface area contributed by atoms with Gasteiger partial charge in [-0.05, 0) is 60.1 Å². The van der Waals surface area contributed by atoms with Crippen LogP contribution in [0.15, 0.2) is 53.1 Å². The van der Waals surface area contributed by atoms with Gasteiger partial charge in [-0.1, -0.05) is 60.1 Å². The lowest BCUT2D eigenvalue weighted by atomic mass is 9.84. The molecule has 3 aromatic heterocycles. The van der Waals surface area contributed by atoms with Gasteiger partial charge < -0.3 is 50.4 Å². The van der Waals surface area contributed by atoms with Crippen molar-refractivity contribution in [3.63, 3.8) is 0 Å². The third-order valence-electron chi connectivity index (χ3n) is 12.3. The Hall–Kier alpha value is -7.07. The van der Waals surface area contributed by atoms with Crippen molar-refractivity contribution in [1.82, 2.24) is 8.97 Å². The maximum Gasteiger partial charge on any atom is 0.248 e. The molecule has 10 rings (SSSR count). The highest BCUT2D eigenvalue weighted by Crippen LogP contribution is 2.55. The zero-order chi connectivity index (χ0) is 45.1. The minimum atomic E-state index is -1.04. The number of halogens is 1. The molecule has 0 unspecified atom stereocenters. The molecule has 8 aromatic rings. The molecular weight excluding hydrogens is 840 g/mol. The molecule has 0 saturated carbocycles. The van der Waals surface area contributed by atoms with Gasteiger partial charge in [-0.25, -0.2) is 0 Å². The summed E-state index contributed by atoms with van der Waals surface area (Å²) < 4.78 is 33.0. The Morgan fingerprint density at radius 1 is 0.540 bits per heavy atom. The Labute approximate surface area is 360 Å². The summed E-state index contributed by atoms with van der Waals surface area (Å²) in [7, 11) is 0. The van der Waals surface area contributed by atoms with E-state index < -0.39 is 62.5 Å². The van der Waals surface area contributed by atoms with Crippen LogP contribution in [-0.2, 0) is 31.1 Å². The van der Waals surface area contributed by atoms with E-state index in [0.29, 0.717) is 47.9 Å². The standard InChI is InChI=1S/C46H43ClN2O14/c1-44(2,3)28-33(52)35(54)29(36(55)34(28)53)49-19-9-17(47)8-18(10-19)48-25-12-26(60-62-42-20-11-27(49)59-41(20)38(57)37(56)39(42)58)21-13-45(4,5)16-24(21)40(25)61-63-43-30(48)31(50)22-14-46(6,7)15-23(22)32(43)51/h8-12,50-58H,13-16H2,1-7H3. The van der Waals surface area contributed by atoms with Crippen molar-refractivity contribution in [3.8, 4) is 57.4 Å². The van der Waals surface area contributed by atoms with Gasteiger partial charge in [0, 0.05) is 45.0 Å². The topological polar surface area (TPSA) is 257 Å². The molecule has 6 bridgehead atoms. The lowest BCUT2D eigenvalue weighted by Crippen LogP contribution is -2.13. The van der Waals surface area contributed by atoms with Gasteiger partial charge in [-0.3, -0.25) is 27.3 Å². The number of benzene rings is 5. The van der Waals surface area contributed by atoms with Crippen LogP contribution in [-0.4, -0.2) is 54.9 Å². The lowest BCUT2D eigenvalue weighted by molar-refractivity contribution is 0.0860. The zero-order valence-electron chi connectivity index (χ0n) is 35.1. The van der Waals surface area contributed by atoms with Gasteiger partial charge >= 0.3 is 0 Å². The first-order valence-corrected chi connectivity index (χ1v) is 20.4. The van der Waals surface area contributed by atoms with Crippen LogP contribution >= 0.6 is 11.6 Å². The summed E-state index contributed by atoms with van der Waals surface area (Å²) >= 11 is 7.02. The fraction of sp³-hybridized carbons (Fsp3) is 0.304. The van der Waals surface area contributed by atoms with Gasteiger partial charge in [0.25, 0.3) is 0 Å². The number of furan rings is 1. The second kappa shape index (κ2) is 12.8. The molecule has 328 valence electrons. The van der Waals surface area contributed by atoms with Crippen molar-refractivity contribution in [1.29, 1.82) is 0 Å². The van der Waals surface area contributed by atoms with E-state index in [4.69, 9.17) is 34.3 Å². The van der Waals surface area contributed by atoms with E-state index in [1.807, 2.05) is 27.7 Å². The van der Waals surface area contributed by atoms with Crippen LogP contribution in [0.2, 0.25) is 5.02 Å². The molecule has 5 aromatic carbocycles. The van der Waals surface area contributed by atoms with Gasteiger partial charge in [0.2, 0.25) is 39.7 Å². The lowest BCUT2D eigenvalue weighted by Gasteiger charge is -2.25. The van der Waals surface area contributed by atoms with Crippen LogP contribution < -0.4 is 0 Å². The fourth-order valence-corrected chi connectivity index (χ4v) is 9.87. The van der Waals surface area contributed by atoms with Crippen molar-refractivity contribution in [2.45, 2.75) is 79.6 Å². The zero-order valence-corrected chi connectivity index (χ0v) is 35.8. The number of rotatable bonds is 1. The number of fused-ring (bicyclic) bond motifs is 11. The number of aromatic nitrogens is 2. The number of aromatic hydroxyl groups is 9. The average Bonchev–Trinajstić information content (AvgIpc) is 3.84. The molecule has 0 saturated heterocycles. The van der Waals surface area contributed by atoms with Crippen LogP contribution in [0, 0.1) is 10.8 Å². The maximum absolute atomic E-state index is 12.4. The van der Waals surface area contributed by atoms with Crippen LogP contribution in [0.4, 0.5) is 0 Å². The van der Waals surface area contributed by atoms with Crippen molar-refractivity contribution in [2.75, 3.05) is 0 Å². The summed E-state index contributed by atoms with van der Waals surface area (Å²) in [5, 5.41) is 105. The molecule has 63 heavy (non-hydrogen) atoms. The van der Waals surface area contributed by atoms with E-state index in [1.54, 1.807) is 26.8 Å². The molecule has 0 radical (unpaired) electrons. The van der Waals surface area contributed by atoms with E-state index in [9.17, 15) is 46.0 Å². The Morgan fingerprint density at radius 2 is 1.10 bits per heavy atom. The summed E-state index contributed by atoms with van der Waals surface area (Å²) in [4.78, 5) is 0. The monoisotopic (exact) mass is 882 g/mol. The Morgan fingerprint density at radius 3 is 1.75 bits per heavy atom. The first kappa shape index (κ1) is 40.0. The second-order valence-corrected chi connectivity index (χ2v) is 19.7. The maximum atomic E-state index is 12.4.